The topological polar surface area (TPSA) is 48.5 Å². The summed E-state index contributed by atoms with van der Waals surface area (Å²) in [6, 6.07) is 14.2. The maximum absolute atomic E-state index is 12.7. The molecule has 3 rings (SSSR count). The molecule has 1 aromatic carbocycles. The van der Waals surface area contributed by atoms with Crippen LogP contribution in [0.5, 0.6) is 0 Å². The van der Waals surface area contributed by atoms with Crippen molar-refractivity contribution in [2.45, 2.75) is 32.0 Å². The lowest BCUT2D eigenvalue weighted by molar-refractivity contribution is -0.125. The first kappa shape index (κ1) is 17.4. The number of nitrogens with zero attached hydrogens (tertiary/aromatic N) is 3. The Morgan fingerprint density at radius 2 is 2.04 bits per heavy atom. The molecule has 2 heterocycles. The Kier molecular flexibility index (Phi) is 5.66. The number of pyridine rings is 1. The van der Waals surface area contributed by atoms with E-state index in [0.717, 1.165) is 37.3 Å². The fourth-order valence-corrected chi connectivity index (χ4v) is 3.40. The summed E-state index contributed by atoms with van der Waals surface area (Å²) in [5, 5.41) is 3.10. The van der Waals surface area contributed by atoms with Gasteiger partial charge >= 0.3 is 0 Å². The predicted molar refractivity (Wildman–Crippen MR) is 100 cm³/mol. The summed E-state index contributed by atoms with van der Waals surface area (Å²) in [7, 11) is 3.93. The van der Waals surface area contributed by atoms with E-state index in [-0.39, 0.29) is 11.9 Å². The number of carbonyl (C=O) groups is 1. The molecule has 1 saturated heterocycles. The molecule has 1 fully saturated rings. The van der Waals surface area contributed by atoms with Crippen molar-refractivity contribution in [1.82, 2.24) is 15.2 Å². The Morgan fingerprint density at radius 3 is 2.80 bits per heavy atom. The first-order chi connectivity index (χ1) is 12.1. The van der Waals surface area contributed by atoms with Gasteiger partial charge in [-0.05, 0) is 31.0 Å². The molecule has 0 spiro atoms. The third-order valence-corrected chi connectivity index (χ3v) is 4.64. The maximum Gasteiger partial charge on any atom is 0.237 e. The molecular formula is C20H26N4O. The van der Waals surface area contributed by atoms with E-state index in [2.05, 4.69) is 27.3 Å². The molecule has 0 aliphatic carbocycles. The van der Waals surface area contributed by atoms with Crippen molar-refractivity contribution < 1.29 is 4.79 Å². The van der Waals surface area contributed by atoms with Gasteiger partial charge in [0.1, 0.15) is 5.82 Å². The summed E-state index contributed by atoms with van der Waals surface area (Å²) in [4.78, 5) is 21.4. The summed E-state index contributed by atoms with van der Waals surface area (Å²) >= 11 is 0. The molecule has 1 aliphatic heterocycles. The highest BCUT2D eigenvalue weighted by Gasteiger charge is 2.30. The van der Waals surface area contributed by atoms with Crippen molar-refractivity contribution >= 4 is 11.7 Å². The molecule has 1 aliphatic rings. The van der Waals surface area contributed by atoms with Crippen molar-refractivity contribution in [3.63, 3.8) is 0 Å². The van der Waals surface area contributed by atoms with E-state index in [1.165, 1.54) is 5.56 Å². The molecule has 5 heteroatoms. The second kappa shape index (κ2) is 8.12. The van der Waals surface area contributed by atoms with Crippen molar-refractivity contribution in [3.05, 3.63) is 59.8 Å². The summed E-state index contributed by atoms with van der Waals surface area (Å²) < 4.78 is 0. The molecule has 0 unspecified atom stereocenters. The number of rotatable bonds is 6. The highest BCUT2D eigenvalue weighted by molar-refractivity contribution is 5.82. The molecule has 1 atom stereocenters. The van der Waals surface area contributed by atoms with Crippen LogP contribution in [0.25, 0.3) is 0 Å². The van der Waals surface area contributed by atoms with Crippen molar-refractivity contribution in [3.8, 4) is 0 Å². The van der Waals surface area contributed by atoms with E-state index in [4.69, 9.17) is 0 Å². The predicted octanol–water partition coefficient (Wildman–Crippen LogP) is 2.43. The first-order valence-electron chi connectivity index (χ1n) is 8.82. The fraction of sp³-hybridized carbons (Fsp3) is 0.400. The number of likely N-dealkylation sites (tertiary alicyclic amines) is 1. The zero-order valence-electron chi connectivity index (χ0n) is 15.0. The number of hydrogen-bond donors (Lipinski definition) is 1. The van der Waals surface area contributed by atoms with Gasteiger partial charge in [0.25, 0.3) is 0 Å². The van der Waals surface area contributed by atoms with Gasteiger partial charge in [-0.1, -0.05) is 36.4 Å². The van der Waals surface area contributed by atoms with Crippen LogP contribution in [0, 0.1) is 0 Å². The minimum atomic E-state index is -0.0420. The Morgan fingerprint density at radius 1 is 1.24 bits per heavy atom. The highest BCUT2D eigenvalue weighted by Crippen LogP contribution is 2.21. The highest BCUT2D eigenvalue weighted by atomic mass is 16.2. The van der Waals surface area contributed by atoms with Crippen LogP contribution in [0.4, 0.5) is 5.82 Å². The van der Waals surface area contributed by atoms with Gasteiger partial charge in [0.15, 0.2) is 0 Å². The molecule has 1 N–H and O–H groups in total. The van der Waals surface area contributed by atoms with Gasteiger partial charge in [0, 0.05) is 38.9 Å². The number of hydrogen-bond acceptors (Lipinski definition) is 4. The van der Waals surface area contributed by atoms with Gasteiger partial charge in [0.2, 0.25) is 5.91 Å². The smallest absolute Gasteiger partial charge is 0.237 e. The minimum absolute atomic E-state index is 0.0420. The van der Waals surface area contributed by atoms with Gasteiger partial charge in [-0.25, -0.2) is 4.98 Å². The summed E-state index contributed by atoms with van der Waals surface area (Å²) in [5.74, 6) is 1.01. The molecule has 132 valence electrons. The minimum Gasteiger partial charge on any atom is -0.362 e. The number of benzene rings is 1. The lowest BCUT2D eigenvalue weighted by atomic mass is 10.1. The van der Waals surface area contributed by atoms with Crippen LogP contribution in [0.2, 0.25) is 0 Å². The van der Waals surface area contributed by atoms with Crippen molar-refractivity contribution in [1.29, 1.82) is 0 Å². The van der Waals surface area contributed by atoms with Crippen molar-refractivity contribution in [2.75, 3.05) is 25.5 Å². The SMILES string of the molecule is CN(C)c1ncccc1CNC(=O)[C@H]1CCCN1Cc1ccccc1. The van der Waals surface area contributed by atoms with E-state index >= 15 is 0 Å². The Hall–Kier alpha value is -2.40. The monoisotopic (exact) mass is 338 g/mol. The molecular weight excluding hydrogens is 312 g/mol. The van der Waals surface area contributed by atoms with Crippen LogP contribution in [-0.4, -0.2) is 42.5 Å². The Balaban J connectivity index is 1.61. The molecule has 0 saturated carbocycles. The average Bonchev–Trinajstić information content (AvgIpc) is 3.09. The van der Waals surface area contributed by atoms with Gasteiger partial charge in [-0.15, -0.1) is 0 Å². The molecule has 1 aromatic heterocycles. The standard InChI is InChI=1S/C20H26N4O/c1-23(2)19-17(10-6-12-21-19)14-22-20(25)18-11-7-13-24(18)15-16-8-4-3-5-9-16/h3-6,8-10,12,18H,7,11,13-15H2,1-2H3,(H,22,25)/t18-/m1/s1. The van der Waals surface area contributed by atoms with E-state index in [1.54, 1.807) is 6.20 Å². The number of carbonyl (C=O) groups excluding carboxylic acids is 1. The summed E-state index contributed by atoms with van der Waals surface area (Å²) in [6.45, 7) is 2.31. The first-order valence-corrected chi connectivity index (χ1v) is 8.82. The van der Waals surface area contributed by atoms with Gasteiger partial charge in [0.05, 0.1) is 6.04 Å². The van der Waals surface area contributed by atoms with E-state index < -0.39 is 0 Å². The van der Waals surface area contributed by atoms with Crippen LogP contribution < -0.4 is 10.2 Å². The molecule has 0 radical (unpaired) electrons. The van der Waals surface area contributed by atoms with Gasteiger partial charge in [-0.2, -0.15) is 0 Å². The average molecular weight is 338 g/mol. The van der Waals surface area contributed by atoms with Gasteiger partial charge < -0.3 is 10.2 Å². The van der Waals surface area contributed by atoms with E-state index in [1.807, 2.05) is 49.3 Å². The third-order valence-electron chi connectivity index (χ3n) is 4.64. The summed E-state index contributed by atoms with van der Waals surface area (Å²) in [6.07, 6.45) is 3.77. The molecule has 2 aromatic rings. The van der Waals surface area contributed by atoms with E-state index in [0.29, 0.717) is 6.54 Å². The molecule has 25 heavy (non-hydrogen) atoms. The third kappa shape index (κ3) is 4.37. The van der Waals surface area contributed by atoms with Crippen LogP contribution in [0.1, 0.15) is 24.0 Å². The van der Waals surface area contributed by atoms with Crippen LogP contribution in [-0.2, 0) is 17.9 Å². The number of nitrogens with one attached hydrogen (secondary N) is 1. The molecule has 5 nitrogen and oxygen atoms in total. The zero-order valence-corrected chi connectivity index (χ0v) is 15.0. The zero-order chi connectivity index (χ0) is 17.6. The fourth-order valence-electron chi connectivity index (χ4n) is 3.40. The second-order valence-electron chi connectivity index (χ2n) is 6.71. The quantitative estimate of drug-likeness (QED) is 0.879. The van der Waals surface area contributed by atoms with Crippen LogP contribution >= 0.6 is 0 Å². The van der Waals surface area contributed by atoms with E-state index in [9.17, 15) is 4.79 Å². The lowest BCUT2D eigenvalue weighted by Crippen LogP contribution is -2.42. The molecule has 1 amide bonds. The lowest BCUT2D eigenvalue weighted by Gasteiger charge is -2.24. The normalized spacial score (nSPS) is 17.4. The Labute approximate surface area is 149 Å². The van der Waals surface area contributed by atoms with Crippen LogP contribution in [0.3, 0.4) is 0 Å². The Bertz CT molecular complexity index is 702. The number of anilines is 1. The van der Waals surface area contributed by atoms with Gasteiger partial charge in [-0.3, -0.25) is 9.69 Å². The number of aromatic nitrogens is 1. The van der Waals surface area contributed by atoms with Crippen molar-refractivity contribution in [2.24, 2.45) is 0 Å². The largest absolute Gasteiger partial charge is 0.362 e. The molecule has 0 bridgehead atoms. The number of amides is 1. The summed E-state index contributed by atoms with van der Waals surface area (Å²) in [5.41, 5.74) is 2.29. The maximum atomic E-state index is 12.7. The van der Waals surface area contributed by atoms with Crippen LogP contribution in [0.15, 0.2) is 48.7 Å². The second-order valence-corrected chi connectivity index (χ2v) is 6.71.